The van der Waals surface area contributed by atoms with Gasteiger partial charge in [0.2, 0.25) is 0 Å². The molecule has 2 aliphatic rings. The predicted molar refractivity (Wildman–Crippen MR) is 380 cm³/mol. The third-order valence-electron chi connectivity index (χ3n) is 19.0. The highest BCUT2D eigenvalue weighted by atomic mass is 15.1. The van der Waals surface area contributed by atoms with Crippen molar-refractivity contribution in [1.29, 1.82) is 0 Å². The van der Waals surface area contributed by atoms with Crippen LogP contribution < -0.4 is 9.80 Å². The second-order valence-corrected chi connectivity index (χ2v) is 27.5. The fourth-order valence-corrected chi connectivity index (χ4v) is 13.8. The van der Waals surface area contributed by atoms with Crippen molar-refractivity contribution in [2.45, 2.75) is 90.9 Å². The molecule has 0 N–H and O–H groups in total. The first-order valence-electron chi connectivity index (χ1n) is 31.3. The number of hydrogen-bond donors (Lipinski definition) is 0. The zero-order chi connectivity index (χ0) is 60.7. The van der Waals surface area contributed by atoms with Gasteiger partial charge in [-0.25, -0.2) is 0 Å². The zero-order valence-electron chi connectivity index (χ0n) is 52.5. The molecule has 0 aromatic heterocycles. The molecule has 0 radical (unpaired) electrons. The van der Waals surface area contributed by atoms with E-state index in [9.17, 15) is 0 Å². The largest absolute Gasteiger partial charge is 0.310 e. The Balaban J connectivity index is 0.664. The molecule has 0 atom stereocenters. The molecule has 0 spiro atoms. The number of hydrogen-bond acceptors (Lipinski definition) is 2. The quantitative estimate of drug-likeness (QED) is 0.119. The average molecular weight is 1140 g/mol. The molecule has 2 heteroatoms. The van der Waals surface area contributed by atoms with Gasteiger partial charge in [-0.2, -0.15) is 0 Å². The highest BCUT2D eigenvalue weighted by molar-refractivity contribution is 6.01. The van der Waals surface area contributed by atoms with Gasteiger partial charge < -0.3 is 9.80 Å². The van der Waals surface area contributed by atoms with Gasteiger partial charge in [0.25, 0.3) is 0 Å². The third kappa shape index (κ3) is 10.1. The molecular formula is C86H76N2. The van der Waals surface area contributed by atoms with Gasteiger partial charge in [0.15, 0.2) is 0 Å². The Bertz CT molecular complexity index is 4390. The van der Waals surface area contributed by atoms with Gasteiger partial charge in [-0.05, 0) is 171 Å². The molecule has 12 aromatic carbocycles. The summed E-state index contributed by atoms with van der Waals surface area (Å²) >= 11 is 0. The molecule has 14 rings (SSSR count). The van der Waals surface area contributed by atoms with Gasteiger partial charge in [-0.15, -0.1) is 0 Å². The number of fused-ring (bicyclic) bond motifs is 8. The minimum Gasteiger partial charge on any atom is -0.310 e. The summed E-state index contributed by atoms with van der Waals surface area (Å²) in [7, 11) is 0. The van der Waals surface area contributed by atoms with Gasteiger partial charge in [-0.1, -0.05) is 288 Å². The normalized spacial score (nSPS) is 13.9. The maximum atomic E-state index is 2.44. The van der Waals surface area contributed by atoms with Gasteiger partial charge in [0, 0.05) is 44.4 Å². The monoisotopic (exact) mass is 1140 g/mol. The molecule has 12 aromatic rings. The summed E-state index contributed by atoms with van der Waals surface area (Å²) in [5, 5.41) is 4.93. The zero-order valence-corrected chi connectivity index (χ0v) is 52.5. The van der Waals surface area contributed by atoms with Crippen LogP contribution in [0.25, 0.3) is 79.2 Å². The van der Waals surface area contributed by atoms with Crippen LogP contribution in [-0.2, 0) is 21.7 Å². The fourth-order valence-electron chi connectivity index (χ4n) is 13.8. The lowest BCUT2D eigenvalue weighted by molar-refractivity contribution is 0.590. The van der Waals surface area contributed by atoms with Crippen molar-refractivity contribution < 1.29 is 0 Å². The molecule has 88 heavy (non-hydrogen) atoms. The Hall–Kier alpha value is -9.76. The first-order valence-corrected chi connectivity index (χ1v) is 31.3. The van der Waals surface area contributed by atoms with Crippen LogP contribution in [0.3, 0.4) is 0 Å². The van der Waals surface area contributed by atoms with Crippen LogP contribution in [0.1, 0.15) is 125 Å². The van der Waals surface area contributed by atoms with E-state index in [2.05, 4.69) is 358 Å². The first-order chi connectivity index (χ1) is 42.4. The Morgan fingerprint density at radius 1 is 0.284 bits per heavy atom. The molecule has 430 valence electrons. The molecular weight excluding hydrogens is 1060 g/mol. The fraction of sp³-hybridized carbons (Fsp3) is 0.163. The van der Waals surface area contributed by atoms with Crippen molar-refractivity contribution in [2.24, 2.45) is 0 Å². The van der Waals surface area contributed by atoms with Crippen LogP contribution in [-0.4, -0.2) is 0 Å². The third-order valence-corrected chi connectivity index (χ3v) is 19.0. The Morgan fingerprint density at radius 2 is 0.591 bits per heavy atom. The maximum absolute atomic E-state index is 2.44. The lowest BCUT2D eigenvalue weighted by atomic mass is 9.81. The van der Waals surface area contributed by atoms with Crippen LogP contribution >= 0.6 is 0 Å². The molecule has 0 heterocycles. The molecule has 0 aliphatic heterocycles. The van der Waals surface area contributed by atoms with Crippen LogP contribution in [0.4, 0.5) is 34.1 Å². The number of nitrogens with zero attached hydrogens (tertiary/aromatic N) is 2. The van der Waals surface area contributed by atoms with Crippen molar-refractivity contribution in [3.63, 3.8) is 0 Å². The van der Waals surface area contributed by atoms with Crippen molar-refractivity contribution in [2.75, 3.05) is 9.80 Å². The molecule has 0 fully saturated rings. The minimum absolute atomic E-state index is 0.0685. The van der Waals surface area contributed by atoms with Crippen LogP contribution in [0, 0.1) is 0 Å². The molecule has 0 saturated carbocycles. The van der Waals surface area contributed by atoms with Gasteiger partial charge in [0.05, 0.1) is 11.4 Å². The second kappa shape index (κ2) is 21.6. The summed E-state index contributed by atoms with van der Waals surface area (Å²) in [5.41, 5.74) is 27.2. The van der Waals surface area contributed by atoms with Crippen molar-refractivity contribution >= 4 is 80.0 Å². The second-order valence-electron chi connectivity index (χ2n) is 27.5. The van der Waals surface area contributed by atoms with Gasteiger partial charge in [-0.3, -0.25) is 0 Å². The van der Waals surface area contributed by atoms with Gasteiger partial charge >= 0.3 is 0 Å². The molecule has 0 saturated heterocycles. The standard InChI is InChI=1S/C86H76N2/c1-83(2,3)65-39-43-67(44-40-65)87(81-23-15-19-63-17-11-13-21-71(63)81)69-47-51-75-73-49-33-59(53-77(73)85(7,8)79(75)55-69)27-25-57-29-35-61(36-30-57)62-37-31-58(32-38-62)26-28-60-34-50-74-76-52-48-70(56-80(76)86(9,10)78(74)54-60)88(68-45-41-66(42-46-68)84(4,5)6)82-24-16-20-64-18-12-14-22-72(64)82/h11-56H,1-10H3/b27-25+,28-26+. The van der Waals surface area contributed by atoms with Crippen molar-refractivity contribution in [3.8, 4) is 33.4 Å². The maximum Gasteiger partial charge on any atom is 0.0540 e. The molecule has 0 bridgehead atoms. The topological polar surface area (TPSA) is 6.48 Å². The smallest absolute Gasteiger partial charge is 0.0540 e. The lowest BCUT2D eigenvalue weighted by Gasteiger charge is -2.30. The highest BCUT2D eigenvalue weighted by Crippen LogP contribution is 2.54. The SMILES string of the molecule is CC(C)(C)c1ccc(N(c2ccc3c(c2)C(C)(C)c2cc(/C=C/c4ccc(-c5ccc(/C=C/c6ccc7c(c6)C(C)(C)c6cc(N(c8ccc(C(C)(C)C)cc8)c8cccc9ccccc89)ccc6-7)cc5)cc4)ccc2-3)c2cccc3ccccc23)cc1. The Labute approximate surface area is 521 Å². The summed E-state index contributed by atoms with van der Waals surface area (Å²) in [4.78, 5) is 4.89. The average Bonchev–Trinajstić information content (AvgIpc) is 1.58. The van der Waals surface area contributed by atoms with Crippen LogP contribution in [0.5, 0.6) is 0 Å². The van der Waals surface area contributed by atoms with E-state index in [1.807, 2.05) is 0 Å². The summed E-state index contributed by atoms with van der Waals surface area (Å²) < 4.78 is 0. The predicted octanol–water partition coefficient (Wildman–Crippen LogP) is 24.1. The van der Waals surface area contributed by atoms with Gasteiger partial charge in [0.1, 0.15) is 0 Å². The van der Waals surface area contributed by atoms with E-state index in [0.717, 1.165) is 22.7 Å². The first kappa shape index (κ1) is 56.1. The van der Waals surface area contributed by atoms with E-state index in [1.165, 1.54) is 122 Å². The molecule has 2 aliphatic carbocycles. The van der Waals surface area contributed by atoms with E-state index in [0.29, 0.717) is 0 Å². The van der Waals surface area contributed by atoms with Crippen LogP contribution in [0.15, 0.2) is 255 Å². The summed E-state index contributed by atoms with van der Waals surface area (Å²) in [6, 6.07) is 95.1. The minimum atomic E-state index is -0.194. The summed E-state index contributed by atoms with van der Waals surface area (Å²) in [6.07, 6.45) is 9.00. The van der Waals surface area contributed by atoms with E-state index < -0.39 is 0 Å². The van der Waals surface area contributed by atoms with Crippen molar-refractivity contribution in [1.82, 2.24) is 0 Å². The summed E-state index contributed by atoms with van der Waals surface area (Å²) in [5.74, 6) is 0. The molecule has 0 amide bonds. The number of benzene rings is 12. The number of anilines is 6. The Kier molecular flexibility index (Phi) is 13.7. The van der Waals surface area contributed by atoms with Crippen molar-refractivity contribution in [3.05, 3.63) is 310 Å². The highest BCUT2D eigenvalue weighted by Gasteiger charge is 2.38. The molecule has 2 nitrogen and oxygen atoms in total. The van der Waals surface area contributed by atoms with E-state index >= 15 is 0 Å². The van der Waals surface area contributed by atoms with E-state index in [4.69, 9.17) is 0 Å². The van der Waals surface area contributed by atoms with E-state index in [1.54, 1.807) is 0 Å². The van der Waals surface area contributed by atoms with E-state index in [-0.39, 0.29) is 21.7 Å². The molecule has 0 unspecified atom stereocenters. The lowest BCUT2D eigenvalue weighted by Crippen LogP contribution is -2.17. The van der Waals surface area contributed by atoms with Crippen LogP contribution in [0.2, 0.25) is 0 Å². The Morgan fingerprint density at radius 3 is 0.966 bits per heavy atom. The summed E-state index contributed by atoms with van der Waals surface area (Å²) in [6.45, 7) is 23.2. The number of rotatable bonds is 11.